The van der Waals surface area contributed by atoms with Crippen LogP contribution >= 0.6 is 35.0 Å². The van der Waals surface area contributed by atoms with Crippen molar-refractivity contribution in [3.8, 4) is 0 Å². The minimum absolute atomic E-state index is 0.0407. The molecule has 7 heteroatoms. The number of hydrogen-bond donors (Lipinski definition) is 1. The van der Waals surface area contributed by atoms with Crippen molar-refractivity contribution in [1.29, 1.82) is 0 Å². The summed E-state index contributed by atoms with van der Waals surface area (Å²) in [6.45, 7) is 1.16. The molecule has 114 valence electrons. The second-order valence-electron chi connectivity index (χ2n) is 4.92. The first-order valence-corrected chi connectivity index (χ1v) is 8.36. The molecule has 0 atom stereocenters. The van der Waals surface area contributed by atoms with Crippen LogP contribution in [0.2, 0.25) is 10.0 Å². The number of nitrogens with zero attached hydrogens (tertiary/aromatic N) is 1. The normalized spacial score (nSPS) is 16.0. The molecule has 0 aliphatic carbocycles. The van der Waals surface area contributed by atoms with Gasteiger partial charge in [-0.1, -0.05) is 23.2 Å². The van der Waals surface area contributed by atoms with Crippen LogP contribution in [0, 0.1) is 5.92 Å². The van der Waals surface area contributed by atoms with E-state index in [1.165, 1.54) is 11.8 Å². The highest BCUT2D eigenvalue weighted by atomic mass is 35.5. The highest BCUT2D eigenvalue weighted by Crippen LogP contribution is 2.30. The molecule has 0 radical (unpaired) electrons. The Balaban J connectivity index is 1.85. The molecular weight excluding hydrogens is 331 g/mol. The van der Waals surface area contributed by atoms with Crippen molar-refractivity contribution in [2.75, 3.05) is 18.8 Å². The van der Waals surface area contributed by atoms with Crippen molar-refractivity contribution in [3.05, 3.63) is 28.2 Å². The molecule has 2 N–H and O–H groups in total. The summed E-state index contributed by atoms with van der Waals surface area (Å²) >= 11 is 13.3. The summed E-state index contributed by atoms with van der Waals surface area (Å²) in [5.41, 5.74) is 5.28. The first kappa shape index (κ1) is 16.5. The summed E-state index contributed by atoms with van der Waals surface area (Å²) in [5.74, 6) is -0.0355. The van der Waals surface area contributed by atoms with Crippen LogP contribution in [0.3, 0.4) is 0 Å². The van der Waals surface area contributed by atoms with Crippen LogP contribution in [0.15, 0.2) is 23.1 Å². The van der Waals surface area contributed by atoms with Gasteiger partial charge in [-0.15, -0.1) is 11.8 Å². The number of carbonyl (C=O) groups is 2. The molecule has 1 fully saturated rings. The smallest absolute Gasteiger partial charge is 0.232 e. The van der Waals surface area contributed by atoms with Gasteiger partial charge in [0.15, 0.2) is 0 Å². The monoisotopic (exact) mass is 346 g/mol. The zero-order valence-electron chi connectivity index (χ0n) is 11.4. The highest BCUT2D eigenvalue weighted by Gasteiger charge is 2.25. The van der Waals surface area contributed by atoms with E-state index in [0.717, 1.165) is 4.90 Å². The summed E-state index contributed by atoms with van der Waals surface area (Å²) in [7, 11) is 0. The summed E-state index contributed by atoms with van der Waals surface area (Å²) in [4.78, 5) is 25.8. The third-order valence-corrected chi connectivity index (χ3v) is 5.21. The van der Waals surface area contributed by atoms with Gasteiger partial charge in [0.2, 0.25) is 11.8 Å². The number of hydrogen-bond acceptors (Lipinski definition) is 3. The average molecular weight is 347 g/mol. The minimum atomic E-state index is -0.276. The number of piperidine rings is 1. The summed E-state index contributed by atoms with van der Waals surface area (Å²) in [6, 6.07) is 5.18. The minimum Gasteiger partial charge on any atom is -0.369 e. The van der Waals surface area contributed by atoms with Crippen molar-refractivity contribution in [2.24, 2.45) is 11.7 Å². The molecule has 1 aromatic rings. The fourth-order valence-corrected chi connectivity index (χ4v) is 3.63. The Bertz CT molecular complexity index is 546. The van der Waals surface area contributed by atoms with Crippen LogP contribution in [0.1, 0.15) is 12.8 Å². The third kappa shape index (κ3) is 4.53. The predicted octanol–water partition coefficient (Wildman–Crippen LogP) is 2.81. The number of nitrogens with two attached hydrogens (primary N) is 1. The number of benzene rings is 1. The molecular formula is C14H16Cl2N2O2S. The number of halogens is 2. The number of amides is 2. The summed E-state index contributed by atoms with van der Waals surface area (Å²) < 4.78 is 0. The maximum atomic E-state index is 12.2. The van der Waals surface area contributed by atoms with E-state index in [4.69, 9.17) is 28.9 Å². The fraction of sp³-hybridized carbons (Fsp3) is 0.429. The summed E-state index contributed by atoms with van der Waals surface area (Å²) in [6.07, 6.45) is 1.29. The van der Waals surface area contributed by atoms with E-state index in [9.17, 15) is 9.59 Å². The second-order valence-corrected chi connectivity index (χ2v) is 6.78. The van der Waals surface area contributed by atoms with Crippen molar-refractivity contribution in [3.63, 3.8) is 0 Å². The maximum absolute atomic E-state index is 12.2. The Kier molecular flexibility index (Phi) is 5.79. The standard InChI is InChI=1S/C14H16Cl2N2O2S/c15-10-1-2-11(16)12(7-10)21-8-13(19)18-5-3-9(4-6-18)14(17)20/h1-2,7,9H,3-6,8H2,(H2,17,20). The van der Waals surface area contributed by atoms with Crippen LogP contribution in [-0.2, 0) is 9.59 Å². The lowest BCUT2D eigenvalue weighted by atomic mass is 9.96. The summed E-state index contributed by atoms with van der Waals surface area (Å²) in [5, 5.41) is 1.18. The SMILES string of the molecule is NC(=O)C1CCN(C(=O)CSc2cc(Cl)ccc2Cl)CC1. The van der Waals surface area contributed by atoms with Crippen molar-refractivity contribution >= 4 is 46.8 Å². The first-order valence-electron chi connectivity index (χ1n) is 6.62. The molecule has 1 heterocycles. The lowest BCUT2D eigenvalue weighted by Crippen LogP contribution is -2.42. The van der Waals surface area contributed by atoms with Gasteiger partial charge in [0, 0.05) is 28.9 Å². The van der Waals surface area contributed by atoms with E-state index in [1.807, 2.05) is 0 Å². The highest BCUT2D eigenvalue weighted by molar-refractivity contribution is 8.00. The Morgan fingerprint density at radius 1 is 1.29 bits per heavy atom. The van der Waals surface area contributed by atoms with E-state index >= 15 is 0 Å². The predicted molar refractivity (Wildman–Crippen MR) is 85.7 cm³/mol. The van der Waals surface area contributed by atoms with E-state index in [1.54, 1.807) is 23.1 Å². The first-order chi connectivity index (χ1) is 9.97. The van der Waals surface area contributed by atoms with Crippen molar-refractivity contribution in [1.82, 2.24) is 4.90 Å². The molecule has 0 aromatic heterocycles. The molecule has 4 nitrogen and oxygen atoms in total. The molecule has 1 aliphatic heterocycles. The average Bonchev–Trinajstić information content (AvgIpc) is 2.48. The molecule has 2 rings (SSSR count). The lowest BCUT2D eigenvalue weighted by Gasteiger charge is -2.30. The van der Waals surface area contributed by atoms with Gasteiger partial charge in [-0.3, -0.25) is 9.59 Å². The van der Waals surface area contributed by atoms with E-state index in [-0.39, 0.29) is 17.7 Å². The van der Waals surface area contributed by atoms with Gasteiger partial charge in [0.05, 0.1) is 10.8 Å². The zero-order chi connectivity index (χ0) is 15.4. The maximum Gasteiger partial charge on any atom is 0.232 e. The molecule has 21 heavy (non-hydrogen) atoms. The largest absolute Gasteiger partial charge is 0.369 e. The van der Waals surface area contributed by atoms with Gasteiger partial charge in [0.25, 0.3) is 0 Å². The van der Waals surface area contributed by atoms with Crippen molar-refractivity contribution < 1.29 is 9.59 Å². The van der Waals surface area contributed by atoms with Gasteiger partial charge in [-0.2, -0.15) is 0 Å². The van der Waals surface area contributed by atoms with Crippen molar-refractivity contribution in [2.45, 2.75) is 17.7 Å². The lowest BCUT2D eigenvalue weighted by molar-refractivity contribution is -0.132. The zero-order valence-corrected chi connectivity index (χ0v) is 13.7. The van der Waals surface area contributed by atoms with Gasteiger partial charge >= 0.3 is 0 Å². The quantitative estimate of drug-likeness (QED) is 0.852. The van der Waals surface area contributed by atoms with Gasteiger partial charge in [-0.05, 0) is 31.0 Å². The molecule has 0 saturated carbocycles. The Labute approximate surface area is 137 Å². The second kappa shape index (κ2) is 7.38. The fourth-order valence-electron chi connectivity index (χ4n) is 2.23. The van der Waals surface area contributed by atoms with Gasteiger partial charge in [0.1, 0.15) is 0 Å². The number of carbonyl (C=O) groups excluding carboxylic acids is 2. The number of thioether (sulfide) groups is 1. The number of likely N-dealkylation sites (tertiary alicyclic amines) is 1. The topological polar surface area (TPSA) is 63.4 Å². The molecule has 1 aromatic carbocycles. The third-order valence-electron chi connectivity index (χ3n) is 3.49. The van der Waals surface area contributed by atoms with E-state index in [2.05, 4.69) is 0 Å². The number of primary amides is 1. The molecule has 2 amide bonds. The van der Waals surface area contributed by atoms with Crippen LogP contribution in [0.25, 0.3) is 0 Å². The van der Waals surface area contributed by atoms with Crippen LogP contribution in [-0.4, -0.2) is 35.6 Å². The van der Waals surface area contributed by atoms with Crippen LogP contribution in [0.4, 0.5) is 0 Å². The molecule has 0 spiro atoms. The molecule has 0 bridgehead atoms. The van der Waals surface area contributed by atoms with E-state index < -0.39 is 0 Å². The molecule has 1 aliphatic rings. The Hall–Kier alpha value is -0.910. The van der Waals surface area contributed by atoms with Gasteiger partial charge < -0.3 is 10.6 Å². The molecule has 1 saturated heterocycles. The Morgan fingerprint density at radius 3 is 2.57 bits per heavy atom. The van der Waals surface area contributed by atoms with Crippen LogP contribution < -0.4 is 5.73 Å². The van der Waals surface area contributed by atoms with Gasteiger partial charge in [-0.25, -0.2) is 0 Å². The molecule has 0 unspecified atom stereocenters. The Morgan fingerprint density at radius 2 is 1.95 bits per heavy atom. The number of rotatable bonds is 4. The van der Waals surface area contributed by atoms with E-state index in [0.29, 0.717) is 41.7 Å². The van der Waals surface area contributed by atoms with Crippen LogP contribution in [0.5, 0.6) is 0 Å².